The molecule has 0 fully saturated rings. The molecule has 0 spiro atoms. The molecule has 0 aliphatic carbocycles. The molecule has 0 bridgehead atoms. The first-order chi connectivity index (χ1) is 4.72. The Morgan fingerprint density at radius 3 is 2.60 bits per heavy atom. The first-order valence-electron chi connectivity index (χ1n) is 3.48. The monoisotopic (exact) mass is 260 g/mol. The summed E-state index contributed by atoms with van der Waals surface area (Å²) < 4.78 is 0.0188. The number of carboxylic acids is 1. The van der Waals surface area contributed by atoms with Crippen LogP contribution in [0, 0.1) is 0 Å². The number of hydrogen-bond acceptors (Lipinski definition) is 1. The molecule has 0 saturated heterocycles. The molecule has 2 nitrogen and oxygen atoms in total. The first-order valence-corrected chi connectivity index (χ1v) is 7.15. The Morgan fingerprint density at radius 2 is 2.30 bits per heavy atom. The van der Waals surface area contributed by atoms with E-state index in [4.69, 9.17) is 5.11 Å². The third kappa shape index (κ3) is 4.14. The summed E-state index contributed by atoms with van der Waals surface area (Å²) in [5.74, 6) is -0.585. The molecular weight excluding hydrogens is 244 g/mol. The molecule has 0 aliphatic heterocycles. The van der Waals surface area contributed by atoms with Crippen molar-refractivity contribution in [2.24, 2.45) is 0 Å². The minimum atomic E-state index is -0.585. The molecule has 0 radical (unpaired) electrons. The van der Waals surface area contributed by atoms with Crippen molar-refractivity contribution < 1.29 is 9.90 Å². The van der Waals surface area contributed by atoms with Crippen LogP contribution in [0.2, 0.25) is 8.94 Å². The molecular formula is C7H14O2Te. The van der Waals surface area contributed by atoms with E-state index in [1.54, 1.807) is 0 Å². The molecule has 1 N–H and O–H groups in total. The maximum atomic E-state index is 10.5. The van der Waals surface area contributed by atoms with Crippen molar-refractivity contribution in [2.75, 3.05) is 0 Å². The topological polar surface area (TPSA) is 37.3 Å². The molecule has 0 aromatic rings. The van der Waals surface area contributed by atoms with Crippen LogP contribution in [0.4, 0.5) is 0 Å². The molecule has 0 aromatic heterocycles. The molecule has 1 unspecified atom stereocenters. The number of hydrogen-bond donors (Lipinski definition) is 1. The second kappa shape index (κ2) is 6.00. The predicted octanol–water partition coefficient (Wildman–Crippen LogP) is 1.80. The zero-order chi connectivity index (χ0) is 7.98. The van der Waals surface area contributed by atoms with Gasteiger partial charge in [0.05, 0.1) is 0 Å². The van der Waals surface area contributed by atoms with Gasteiger partial charge in [0, 0.05) is 0 Å². The summed E-state index contributed by atoms with van der Waals surface area (Å²) in [6, 6.07) is 0. The summed E-state index contributed by atoms with van der Waals surface area (Å²) >= 11 is -0.269. The molecule has 0 aromatic carbocycles. The van der Waals surface area contributed by atoms with Crippen LogP contribution in [-0.4, -0.2) is 32.0 Å². The van der Waals surface area contributed by atoms with Gasteiger partial charge in [0.15, 0.2) is 0 Å². The third-order valence-electron chi connectivity index (χ3n) is 1.38. The summed E-state index contributed by atoms with van der Waals surface area (Å²) in [7, 11) is 0. The number of carboxylic acid groups (broad SMARTS) is 1. The minimum absolute atomic E-state index is 0.0188. The Hall–Kier alpha value is 0.260. The van der Waals surface area contributed by atoms with Crippen LogP contribution in [0.1, 0.15) is 26.2 Å². The standard InChI is InChI=1S/C7H14O2Te/c1-3-4-5-6(10-2)7(8)9/h6H,3-5H2,1-2H3,(H,8,9). The van der Waals surface area contributed by atoms with Gasteiger partial charge in [-0.1, -0.05) is 0 Å². The average Bonchev–Trinajstić information content (AvgIpc) is 1.89. The van der Waals surface area contributed by atoms with Crippen LogP contribution in [0.25, 0.3) is 0 Å². The van der Waals surface area contributed by atoms with Crippen LogP contribution >= 0.6 is 0 Å². The number of carbonyl (C=O) groups is 1. The van der Waals surface area contributed by atoms with Gasteiger partial charge in [0.1, 0.15) is 0 Å². The SMILES string of the molecule is CCCCC([Te]C)C(=O)O. The number of unbranched alkanes of at least 4 members (excludes halogenated alkanes) is 1. The van der Waals surface area contributed by atoms with Crippen LogP contribution in [0.15, 0.2) is 0 Å². The van der Waals surface area contributed by atoms with Crippen molar-refractivity contribution >= 4 is 26.9 Å². The Morgan fingerprint density at radius 1 is 1.70 bits per heavy atom. The molecule has 1 atom stereocenters. The Labute approximate surface area is 72.1 Å². The summed E-state index contributed by atoms with van der Waals surface area (Å²) in [6.45, 7) is 2.09. The van der Waals surface area contributed by atoms with E-state index < -0.39 is 5.97 Å². The summed E-state index contributed by atoms with van der Waals surface area (Å²) in [5.41, 5.74) is 0. The molecule has 0 amide bonds. The quantitative estimate of drug-likeness (QED) is 0.763. The molecule has 3 heteroatoms. The normalized spacial score (nSPS) is 13.0. The Bertz CT molecular complexity index is 104. The molecule has 0 saturated carbocycles. The van der Waals surface area contributed by atoms with E-state index in [0.717, 1.165) is 19.3 Å². The van der Waals surface area contributed by atoms with Crippen LogP contribution in [0.5, 0.6) is 0 Å². The van der Waals surface area contributed by atoms with Gasteiger partial charge in [-0.2, -0.15) is 0 Å². The molecule has 0 aliphatic rings. The Kier molecular flexibility index (Phi) is 6.16. The third-order valence-corrected chi connectivity index (χ3v) is 4.25. The van der Waals surface area contributed by atoms with Gasteiger partial charge in [-0.15, -0.1) is 0 Å². The van der Waals surface area contributed by atoms with E-state index in [0.29, 0.717) is 0 Å². The van der Waals surface area contributed by atoms with E-state index in [-0.39, 0.29) is 24.9 Å². The van der Waals surface area contributed by atoms with Crippen LogP contribution in [-0.2, 0) is 4.79 Å². The van der Waals surface area contributed by atoms with E-state index in [9.17, 15) is 4.79 Å². The number of aliphatic carboxylic acids is 1. The summed E-state index contributed by atoms with van der Waals surface area (Å²) in [4.78, 5) is 12.5. The van der Waals surface area contributed by atoms with Crippen molar-refractivity contribution in [3.8, 4) is 0 Å². The summed E-state index contributed by atoms with van der Waals surface area (Å²) in [5, 5.41) is 8.63. The maximum absolute atomic E-state index is 10.5. The van der Waals surface area contributed by atoms with Crippen LogP contribution < -0.4 is 0 Å². The predicted molar refractivity (Wildman–Crippen MR) is 42.5 cm³/mol. The van der Waals surface area contributed by atoms with E-state index >= 15 is 0 Å². The van der Waals surface area contributed by atoms with Gasteiger partial charge >= 0.3 is 71.9 Å². The Balaban J connectivity index is 3.50. The van der Waals surface area contributed by atoms with Crippen molar-refractivity contribution in [1.82, 2.24) is 0 Å². The van der Waals surface area contributed by atoms with Gasteiger partial charge in [-0.05, 0) is 0 Å². The first kappa shape index (κ1) is 10.3. The van der Waals surface area contributed by atoms with Gasteiger partial charge in [0.2, 0.25) is 0 Å². The van der Waals surface area contributed by atoms with E-state index in [1.807, 2.05) is 0 Å². The molecule has 0 rings (SSSR count). The van der Waals surface area contributed by atoms with Crippen molar-refractivity contribution in [3.63, 3.8) is 0 Å². The zero-order valence-electron chi connectivity index (χ0n) is 6.46. The zero-order valence-corrected chi connectivity index (χ0v) is 8.79. The number of rotatable bonds is 5. The second-order valence-electron chi connectivity index (χ2n) is 2.20. The molecule has 0 heterocycles. The van der Waals surface area contributed by atoms with Crippen molar-refractivity contribution in [2.45, 2.75) is 35.1 Å². The van der Waals surface area contributed by atoms with Crippen LogP contribution in [0.3, 0.4) is 0 Å². The molecule has 10 heavy (non-hydrogen) atoms. The van der Waals surface area contributed by atoms with Gasteiger partial charge in [0.25, 0.3) is 0 Å². The second-order valence-corrected chi connectivity index (χ2v) is 5.17. The average molecular weight is 258 g/mol. The van der Waals surface area contributed by atoms with Crippen molar-refractivity contribution in [1.29, 1.82) is 0 Å². The van der Waals surface area contributed by atoms with Gasteiger partial charge in [-0.3, -0.25) is 0 Å². The fraction of sp³-hybridized carbons (Fsp3) is 0.857. The van der Waals surface area contributed by atoms with E-state index in [1.165, 1.54) is 0 Å². The fourth-order valence-electron chi connectivity index (χ4n) is 0.732. The fourth-order valence-corrected chi connectivity index (χ4v) is 2.46. The molecule has 60 valence electrons. The van der Waals surface area contributed by atoms with Crippen molar-refractivity contribution in [3.05, 3.63) is 0 Å². The van der Waals surface area contributed by atoms with Gasteiger partial charge in [-0.25, -0.2) is 0 Å². The van der Waals surface area contributed by atoms with E-state index in [2.05, 4.69) is 11.9 Å². The summed E-state index contributed by atoms with van der Waals surface area (Å²) in [6.07, 6.45) is 3.07. The van der Waals surface area contributed by atoms with Gasteiger partial charge < -0.3 is 0 Å².